The summed E-state index contributed by atoms with van der Waals surface area (Å²) in [5.41, 5.74) is 1.17. The van der Waals surface area contributed by atoms with Gasteiger partial charge >= 0.3 is 5.97 Å². The Bertz CT molecular complexity index is 623. The largest absolute Gasteiger partial charge is 0.455 e. The number of hydrogen-bond donors (Lipinski definition) is 1. The summed E-state index contributed by atoms with van der Waals surface area (Å²) in [6, 6.07) is 6.70. The van der Waals surface area contributed by atoms with Crippen LogP contribution in [0.4, 0.5) is 5.69 Å². The van der Waals surface area contributed by atoms with Gasteiger partial charge in [-0.25, -0.2) is 0 Å². The average molecular weight is 344 g/mol. The molecule has 21 heavy (non-hydrogen) atoms. The van der Waals surface area contributed by atoms with Crippen molar-refractivity contribution in [2.45, 2.75) is 6.42 Å². The predicted molar refractivity (Wildman–Crippen MR) is 84.1 cm³/mol. The molecule has 0 aliphatic rings. The molecule has 1 heterocycles. The average Bonchev–Trinajstić information content (AvgIpc) is 2.94. The molecule has 0 fully saturated rings. The van der Waals surface area contributed by atoms with Gasteiger partial charge in [-0.1, -0.05) is 29.3 Å². The van der Waals surface area contributed by atoms with Gasteiger partial charge in [0.25, 0.3) is 5.91 Å². The van der Waals surface area contributed by atoms with Crippen molar-refractivity contribution in [1.82, 2.24) is 0 Å². The number of anilines is 1. The fraction of sp³-hybridized carbons (Fsp3) is 0.143. The van der Waals surface area contributed by atoms with Gasteiger partial charge in [-0.3, -0.25) is 9.59 Å². The lowest BCUT2D eigenvalue weighted by atomic mass is 10.2. The number of esters is 1. The van der Waals surface area contributed by atoms with Gasteiger partial charge in [0.05, 0.1) is 22.2 Å². The zero-order valence-corrected chi connectivity index (χ0v) is 13.1. The molecule has 4 nitrogen and oxygen atoms in total. The van der Waals surface area contributed by atoms with Crippen LogP contribution >= 0.6 is 34.5 Å². The minimum Gasteiger partial charge on any atom is -0.455 e. The lowest BCUT2D eigenvalue weighted by molar-refractivity contribution is -0.146. The Morgan fingerprint density at radius 1 is 1.19 bits per heavy atom. The molecule has 110 valence electrons. The predicted octanol–water partition coefficient (Wildman–Crippen LogP) is 3.78. The van der Waals surface area contributed by atoms with E-state index in [9.17, 15) is 9.59 Å². The Kier molecular flexibility index (Phi) is 5.61. The number of ether oxygens (including phenoxy) is 1. The van der Waals surface area contributed by atoms with E-state index in [4.69, 9.17) is 27.9 Å². The van der Waals surface area contributed by atoms with Gasteiger partial charge in [0.2, 0.25) is 0 Å². The first-order chi connectivity index (χ1) is 10.1. The topological polar surface area (TPSA) is 55.4 Å². The number of para-hydroxylation sites is 1. The van der Waals surface area contributed by atoms with Crippen LogP contribution in [-0.4, -0.2) is 18.5 Å². The normalized spacial score (nSPS) is 10.2. The standard InChI is InChI=1S/C14H11Cl2NO3S/c15-10-2-1-3-11(16)14(10)17-12(18)7-20-13(19)6-9-4-5-21-8-9/h1-5,8H,6-7H2,(H,17,18). The highest BCUT2D eigenvalue weighted by atomic mass is 35.5. The number of benzene rings is 1. The van der Waals surface area contributed by atoms with Crippen molar-refractivity contribution in [1.29, 1.82) is 0 Å². The fourth-order valence-electron chi connectivity index (χ4n) is 1.55. The van der Waals surface area contributed by atoms with Crippen molar-refractivity contribution in [3.63, 3.8) is 0 Å². The van der Waals surface area contributed by atoms with Crippen LogP contribution in [-0.2, 0) is 20.7 Å². The lowest BCUT2D eigenvalue weighted by Crippen LogP contribution is -2.21. The Hall–Kier alpha value is -1.56. The van der Waals surface area contributed by atoms with Crippen molar-refractivity contribution in [3.8, 4) is 0 Å². The molecule has 2 aromatic rings. The number of rotatable bonds is 5. The lowest BCUT2D eigenvalue weighted by Gasteiger charge is -2.09. The number of thiophene rings is 1. The summed E-state index contributed by atoms with van der Waals surface area (Å²) in [5.74, 6) is -0.961. The Morgan fingerprint density at radius 2 is 1.90 bits per heavy atom. The molecule has 1 N–H and O–H groups in total. The SMILES string of the molecule is O=C(COC(=O)Cc1ccsc1)Nc1c(Cl)cccc1Cl. The highest BCUT2D eigenvalue weighted by Crippen LogP contribution is 2.29. The molecule has 0 aliphatic carbocycles. The molecular formula is C14H11Cl2NO3S. The van der Waals surface area contributed by atoms with Gasteiger partial charge in [0, 0.05) is 0 Å². The molecule has 0 bridgehead atoms. The molecule has 0 spiro atoms. The van der Waals surface area contributed by atoms with Crippen molar-refractivity contribution < 1.29 is 14.3 Å². The zero-order chi connectivity index (χ0) is 15.2. The number of carbonyl (C=O) groups is 2. The monoisotopic (exact) mass is 343 g/mol. The summed E-state index contributed by atoms with van der Waals surface area (Å²) < 4.78 is 4.90. The van der Waals surface area contributed by atoms with E-state index in [1.54, 1.807) is 18.2 Å². The zero-order valence-electron chi connectivity index (χ0n) is 10.8. The van der Waals surface area contributed by atoms with Gasteiger partial charge in [0.15, 0.2) is 6.61 Å². The quantitative estimate of drug-likeness (QED) is 0.840. The van der Waals surface area contributed by atoms with Crippen LogP contribution in [0.1, 0.15) is 5.56 Å². The summed E-state index contributed by atoms with van der Waals surface area (Å²) in [6.07, 6.45) is 0.142. The third kappa shape index (κ3) is 4.74. The maximum atomic E-state index is 11.7. The second kappa shape index (κ2) is 7.45. The van der Waals surface area contributed by atoms with Crippen molar-refractivity contribution in [2.75, 3.05) is 11.9 Å². The van der Waals surface area contributed by atoms with E-state index in [0.717, 1.165) is 5.56 Å². The van der Waals surface area contributed by atoms with Crippen LogP contribution < -0.4 is 5.32 Å². The Balaban J connectivity index is 1.83. The second-order valence-corrected chi connectivity index (χ2v) is 5.71. The maximum Gasteiger partial charge on any atom is 0.310 e. The van der Waals surface area contributed by atoms with Crippen LogP contribution in [0, 0.1) is 0 Å². The molecule has 0 radical (unpaired) electrons. The molecule has 0 saturated carbocycles. The van der Waals surface area contributed by atoms with Crippen molar-refractivity contribution >= 4 is 52.1 Å². The minimum atomic E-state index is -0.497. The molecule has 0 saturated heterocycles. The summed E-state index contributed by atoms with van der Waals surface area (Å²) in [6.45, 7) is -0.384. The van der Waals surface area contributed by atoms with Gasteiger partial charge in [0.1, 0.15) is 0 Å². The number of carbonyl (C=O) groups excluding carboxylic acids is 2. The van der Waals surface area contributed by atoms with Gasteiger partial charge in [-0.15, -0.1) is 0 Å². The summed E-state index contributed by atoms with van der Waals surface area (Å²) in [7, 11) is 0. The second-order valence-electron chi connectivity index (χ2n) is 4.11. The highest BCUT2D eigenvalue weighted by molar-refractivity contribution is 7.08. The molecule has 1 amide bonds. The molecule has 1 aromatic heterocycles. The first-order valence-electron chi connectivity index (χ1n) is 5.97. The van der Waals surface area contributed by atoms with Crippen molar-refractivity contribution in [2.24, 2.45) is 0 Å². The third-order valence-electron chi connectivity index (χ3n) is 2.52. The number of hydrogen-bond acceptors (Lipinski definition) is 4. The van der Waals surface area contributed by atoms with Gasteiger partial charge < -0.3 is 10.1 Å². The summed E-state index contributed by atoms with van der Waals surface area (Å²) >= 11 is 13.3. The third-order valence-corrected chi connectivity index (χ3v) is 3.88. The molecule has 0 aliphatic heterocycles. The summed E-state index contributed by atoms with van der Waals surface area (Å²) in [4.78, 5) is 23.3. The van der Waals surface area contributed by atoms with Crippen LogP contribution in [0.2, 0.25) is 10.0 Å². The van der Waals surface area contributed by atoms with E-state index in [0.29, 0.717) is 15.7 Å². The summed E-state index contributed by atoms with van der Waals surface area (Å²) in [5, 5.41) is 6.88. The van der Waals surface area contributed by atoms with Crippen molar-refractivity contribution in [3.05, 3.63) is 50.6 Å². The number of halogens is 2. The van der Waals surface area contributed by atoms with E-state index in [1.165, 1.54) is 11.3 Å². The Labute approximate surface area is 135 Å². The van der Waals surface area contributed by atoms with Gasteiger partial charge in [-0.05, 0) is 34.5 Å². The van der Waals surface area contributed by atoms with Crippen LogP contribution in [0.5, 0.6) is 0 Å². The van der Waals surface area contributed by atoms with E-state index in [-0.39, 0.29) is 13.0 Å². The van der Waals surface area contributed by atoms with E-state index < -0.39 is 11.9 Å². The van der Waals surface area contributed by atoms with E-state index in [1.807, 2.05) is 16.8 Å². The first-order valence-corrected chi connectivity index (χ1v) is 7.66. The van der Waals surface area contributed by atoms with Crippen LogP contribution in [0.25, 0.3) is 0 Å². The number of amides is 1. The van der Waals surface area contributed by atoms with Crippen LogP contribution in [0.3, 0.4) is 0 Å². The molecule has 0 atom stereocenters. The molecular weight excluding hydrogens is 333 g/mol. The van der Waals surface area contributed by atoms with E-state index in [2.05, 4.69) is 5.32 Å². The molecule has 2 rings (SSSR count). The molecule has 7 heteroatoms. The smallest absolute Gasteiger partial charge is 0.310 e. The Morgan fingerprint density at radius 3 is 2.52 bits per heavy atom. The first kappa shape index (κ1) is 15.8. The van der Waals surface area contributed by atoms with E-state index >= 15 is 0 Å². The fourth-order valence-corrected chi connectivity index (χ4v) is 2.71. The maximum absolute atomic E-state index is 11.7. The highest BCUT2D eigenvalue weighted by Gasteiger charge is 2.12. The van der Waals surface area contributed by atoms with Gasteiger partial charge in [-0.2, -0.15) is 11.3 Å². The minimum absolute atomic E-state index is 0.142. The van der Waals surface area contributed by atoms with Crippen LogP contribution in [0.15, 0.2) is 35.0 Å². The molecule has 0 unspecified atom stereocenters. The molecule has 1 aromatic carbocycles. The number of nitrogens with one attached hydrogen (secondary N) is 1.